The standard InChI is InChI=1S/C12H19N3O2/c1-3-4-9(7-13)12(17)14-10-5-6-11(16)15(2)8-10/h9-10H,3-6,8H2,1-2H3,(H,14,17). The molecule has 2 atom stereocenters. The molecule has 0 aromatic rings. The Morgan fingerprint density at radius 1 is 1.71 bits per heavy atom. The highest BCUT2D eigenvalue weighted by Gasteiger charge is 2.26. The molecule has 1 saturated heterocycles. The third-order valence-corrected chi connectivity index (χ3v) is 3.02. The zero-order valence-corrected chi connectivity index (χ0v) is 10.4. The molecule has 2 unspecified atom stereocenters. The SMILES string of the molecule is CCCC(C#N)C(=O)NC1CCC(=O)N(C)C1. The fourth-order valence-corrected chi connectivity index (χ4v) is 1.97. The van der Waals surface area contributed by atoms with Gasteiger partial charge in [0.05, 0.1) is 6.07 Å². The van der Waals surface area contributed by atoms with Crippen molar-refractivity contribution in [1.82, 2.24) is 10.2 Å². The average Bonchev–Trinajstić information content (AvgIpc) is 2.30. The van der Waals surface area contributed by atoms with Gasteiger partial charge >= 0.3 is 0 Å². The predicted molar refractivity (Wildman–Crippen MR) is 62.8 cm³/mol. The van der Waals surface area contributed by atoms with Gasteiger partial charge in [0.25, 0.3) is 0 Å². The lowest BCUT2D eigenvalue weighted by Gasteiger charge is -2.30. The van der Waals surface area contributed by atoms with Crippen molar-refractivity contribution in [3.05, 3.63) is 0 Å². The van der Waals surface area contributed by atoms with Crippen LogP contribution in [0.25, 0.3) is 0 Å². The quantitative estimate of drug-likeness (QED) is 0.780. The Labute approximate surface area is 102 Å². The summed E-state index contributed by atoms with van der Waals surface area (Å²) in [6.45, 7) is 2.49. The van der Waals surface area contributed by atoms with E-state index in [4.69, 9.17) is 5.26 Å². The van der Waals surface area contributed by atoms with Crippen molar-refractivity contribution >= 4 is 11.8 Å². The molecule has 0 aromatic carbocycles. The number of hydrogen-bond acceptors (Lipinski definition) is 3. The third kappa shape index (κ3) is 3.74. The van der Waals surface area contributed by atoms with Gasteiger partial charge in [-0.1, -0.05) is 13.3 Å². The Hall–Kier alpha value is -1.57. The smallest absolute Gasteiger partial charge is 0.237 e. The maximum absolute atomic E-state index is 11.8. The summed E-state index contributed by atoms with van der Waals surface area (Å²) in [5.41, 5.74) is 0. The van der Waals surface area contributed by atoms with Gasteiger partial charge < -0.3 is 10.2 Å². The van der Waals surface area contributed by atoms with Crippen LogP contribution in [0.5, 0.6) is 0 Å². The monoisotopic (exact) mass is 237 g/mol. The fourth-order valence-electron chi connectivity index (χ4n) is 1.97. The zero-order chi connectivity index (χ0) is 12.8. The number of nitriles is 1. The van der Waals surface area contributed by atoms with Crippen molar-refractivity contribution in [2.45, 2.75) is 38.6 Å². The van der Waals surface area contributed by atoms with Crippen LogP contribution < -0.4 is 5.32 Å². The molecule has 5 nitrogen and oxygen atoms in total. The predicted octanol–water partition coefficient (Wildman–Crippen LogP) is 0.663. The molecule has 1 heterocycles. The molecule has 0 aromatic heterocycles. The molecule has 5 heteroatoms. The van der Waals surface area contributed by atoms with Crippen LogP contribution in [-0.2, 0) is 9.59 Å². The number of nitrogens with zero attached hydrogens (tertiary/aromatic N) is 2. The first-order valence-electron chi connectivity index (χ1n) is 6.02. The van der Waals surface area contributed by atoms with Crippen LogP contribution in [0.1, 0.15) is 32.6 Å². The topological polar surface area (TPSA) is 73.2 Å². The third-order valence-electron chi connectivity index (χ3n) is 3.02. The minimum atomic E-state index is -0.567. The van der Waals surface area contributed by atoms with Gasteiger partial charge in [0.2, 0.25) is 11.8 Å². The number of hydrogen-bond donors (Lipinski definition) is 1. The Morgan fingerprint density at radius 3 is 2.94 bits per heavy atom. The van der Waals surface area contributed by atoms with E-state index in [1.165, 1.54) is 0 Å². The molecule has 2 amide bonds. The van der Waals surface area contributed by atoms with Gasteiger partial charge in [-0.15, -0.1) is 0 Å². The highest BCUT2D eigenvalue weighted by atomic mass is 16.2. The second-order valence-corrected chi connectivity index (χ2v) is 4.49. The summed E-state index contributed by atoms with van der Waals surface area (Å²) in [5, 5.41) is 11.7. The minimum absolute atomic E-state index is 0.0158. The molecule has 0 saturated carbocycles. The highest BCUT2D eigenvalue weighted by molar-refractivity contribution is 5.82. The molecular weight excluding hydrogens is 218 g/mol. The van der Waals surface area contributed by atoms with E-state index in [1.54, 1.807) is 11.9 Å². The van der Waals surface area contributed by atoms with Gasteiger partial charge in [-0.05, 0) is 12.8 Å². The Kier molecular flexibility index (Phi) is 4.95. The Morgan fingerprint density at radius 2 is 2.41 bits per heavy atom. The van der Waals surface area contributed by atoms with Crippen LogP contribution in [0.2, 0.25) is 0 Å². The van der Waals surface area contributed by atoms with Gasteiger partial charge in [-0.25, -0.2) is 0 Å². The molecule has 1 aliphatic rings. The molecule has 0 radical (unpaired) electrons. The van der Waals surface area contributed by atoms with E-state index in [9.17, 15) is 9.59 Å². The molecule has 1 rings (SSSR count). The second-order valence-electron chi connectivity index (χ2n) is 4.49. The van der Waals surface area contributed by atoms with Crippen LogP contribution in [0.3, 0.4) is 0 Å². The number of carbonyl (C=O) groups excluding carboxylic acids is 2. The van der Waals surface area contributed by atoms with Gasteiger partial charge in [0, 0.05) is 26.1 Å². The van der Waals surface area contributed by atoms with E-state index < -0.39 is 5.92 Å². The lowest BCUT2D eigenvalue weighted by Crippen LogP contribution is -2.49. The normalized spacial score (nSPS) is 21.8. The summed E-state index contributed by atoms with van der Waals surface area (Å²) in [7, 11) is 1.73. The second kappa shape index (κ2) is 6.24. The van der Waals surface area contributed by atoms with Crippen LogP contribution >= 0.6 is 0 Å². The Balaban J connectivity index is 2.46. The van der Waals surface area contributed by atoms with Gasteiger partial charge in [0.1, 0.15) is 5.92 Å². The van der Waals surface area contributed by atoms with Crippen molar-refractivity contribution in [2.75, 3.05) is 13.6 Å². The van der Waals surface area contributed by atoms with Crippen LogP contribution in [0.15, 0.2) is 0 Å². The van der Waals surface area contributed by atoms with Crippen molar-refractivity contribution in [1.29, 1.82) is 5.26 Å². The number of likely N-dealkylation sites (N-methyl/N-ethyl adjacent to an activating group) is 1. The van der Waals surface area contributed by atoms with E-state index in [1.807, 2.05) is 13.0 Å². The molecule has 0 bridgehead atoms. The molecule has 0 aliphatic carbocycles. The summed E-state index contributed by atoms with van der Waals surface area (Å²) in [4.78, 5) is 24.7. The van der Waals surface area contributed by atoms with Crippen LogP contribution in [0, 0.1) is 17.2 Å². The number of rotatable bonds is 4. The van der Waals surface area contributed by atoms with Gasteiger partial charge in [0.15, 0.2) is 0 Å². The lowest BCUT2D eigenvalue weighted by molar-refractivity contribution is -0.134. The first kappa shape index (κ1) is 13.5. The maximum atomic E-state index is 11.8. The van der Waals surface area contributed by atoms with E-state index >= 15 is 0 Å². The minimum Gasteiger partial charge on any atom is -0.350 e. The molecule has 0 spiro atoms. The molecule has 1 N–H and O–H groups in total. The van der Waals surface area contributed by atoms with Crippen molar-refractivity contribution in [2.24, 2.45) is 5.92 Å². The van der Waals surface area contributed by atoms with Gasteiger partial charge in [-0.3, -0.25) is 9.59 Å². The van der Waals surface area contributed by atoms with Crippen LogP contribution in [0.4, 0.5) is 0 Å². The lowest BCUT2D eigenvalue weighted by atomic mass is 10.0. The number of carbonyl (C=O) groups is 2. The summed E-state index contributed by atoms with van der Waals surface area (Å²) < 4.78 is 0. The van der Waals surface area contributed by atoms with Crippen molar-refractivity contribution in [3.8, 4) is 6.07 Å². The molecule has 17 heavy (non-hydrogen) atoms. The number of nitrogens with one attached hydrogen (secondary N) is 1. The molecular formula is C12H19N3O2. The highest BCUT2D eigenvalue weighted by Crippen LogP contribution is 2.11. The number of likely N-dealkylation sites (tertiary alicyclic amines) is 1. The first-order chi connectivity index (χ1) is 8.08. The molecule has 1 fully saturated rings. The number of amides is 2. The fraction of sp³-hybridized carbons (Fsp3) is 0.750. The largest absolute Gasteiger partial charge is 0.350 e. The Bertz CT molecular complexity index is 335. The van der Waals surface area contributed by atoms with Crippen molar-refractivity contribution < 1.29 is 9.59 Å². The first-order valence-corrected chi connectivity index (χ1v) is 6.02. The summed E-state index contributed by atoms with van der Waals surface area (Å²) in [6.07, 6.45) is 2.53. The summed E-state index contributed by atoms with van der Waals surface area (Å²) >= 11 is 0. The van der Waals surface area contributed by atoms with E-state index in [0.717, 1.165) is 6.42 Å². The summed E-state index contributed by atoms with van der Waals surface area (Å²) in [5.74, 6) is -0.661. The maximum Gasteiger partial charge on any atom is 0.237 e. The van der Waals surface area contributed by atoms with E-state index in [-0.39, 0.29) is 17.9 Å². The number of piperidine rings is 1. The van der Waals surface area contributed by atoms with E-state index in [2.05, 4.69) is 5.32 Å². The summed E-state index contributed by atoms with van der Waals surface area (Å²) in [6, 6.07) is 2.00. The van der Waals surface area contributed by atoms with Crippen molar-refractivity contribution in [3.63, 3.8) is 0 Å². The van der Waals surface area contributed by atoms with Crippen LogP contribution in [-0.4, -0.2) is 36.3 Å². The van der Waals surface area contributed by atoms with Gasteiger partial charge in [-0.2, -0.15) is 5.26 Å². The zero-order valence-electron chi connectivity index (χ0n) is 10.4. The average molecular weight is 237 g/mol. The molecule has 1 aliphatic heterocycles. The van der Waals surface area contributed by atoms with E-state index in [0.29, 0.717) is 25.8 Å². The molecule has 94 valence electrons.